The zero-order valence-electron chi connectivity index (χ0n) is 9.87. The Morgan fingerprint density at radius 3 is 2.56 bits per heavy atom. The normalized spacial score (nSPS) is 10.1. The molecule has 5 heteroatoms. The fourth-order valence-corrected chi connectivity index (χ4v) is 1.86. The van der Waals surface area contributed by atoms with E-state index in [1.165, 1.54) is 0 Å². The molecule has 0 spiro atoms. The molecule has 0 bridgehead atoms. The topological polar surface area (TPSA) is 54.3 Å². The maximum Gasteiger partial charge on any atom is 0.251 e. The van der Waals surface area contributed by atoms with Gasteiger partial charge in [-0.3, -0.25) is 4.79 Å². The van der Waals surface area contributed by atoms with Gasteiger partial charge in [0, 0.05) is 18.3 Å². The first-order valence-electron chi connectivity index (χ1n) is 5.48. The van der Waals surface area contributed by atoms with Crippen molar-refractivity contribution in [3.05, 3.63) is 52.4 Å². The molecule has 2 rings (SSSR count). The zero-order chi connectivity index (χ0) is 13.0. The molecule has 0 unspecified atom stereocenters. The Bertz CT molecular complexity index is 534. The van der Waals surface area contributed by atoms with Crippen LogP contribution in [0.15, 0.2) is 45.5 Å². The lowest BCUT2D eigenvalue weighted by Gasteiger charge is -2.06. The number of nitrogens with one attached hydrogen (secondary N) is 2. The summed E-state index contributed by atoms with van der Waals surface area (Å²) in [6, 6.07) is 9.13. The van der Waals surface area contributed by atoms with Gasteiger partial charge in [-0.15, -0.1) is 0 Å². The minimum absolute atomic E-state index is 0.0877. The van der Waals surface area contributed by atoms with Gasteiger partial charge in [-0.05, 0) is 46.3 Å². The standard InChI is InChI=1S/C13H13BrN2O2/c1-15-13(17)9-2-4-10(5-3-9)16-8-12-11(14)6-7-18-12/h2-7,16H,8H2,1H3,(H,15,17). The SMILES string of the molecule is CNC(=O)c1ccc(NCc2occc2Br)cc1. The van der Waals surface area contributed by atoms with E-state index in [4.69, 9.17) is 4.42 Å². The van der Waals surface area contributed by atoms with Crippen LogP contribution in [-0.4, -0.2) is 13.0 Å². The molecule has 1 heterocycles. The minimum Gasteiger partial charge on any atom is -0.466 e. The van der Waals surface area contributed by atoms with E-state index < -0.39 is 0 Å². The quantitative estimate of drug-likeness (QED) is 0.913. The minimum atomic E-state index is -0.0877. The van der Waals surface area contributed by atoms with Crippen molar-refractivity contribution in [2.45, 2.75) is 6.54 Å². The molecule has 0 saturated heterocycles. The van der Waals surface area contributed by atoms with Crippen molar-refractivity contribution in [1.82, 2.24) is 5.32 Å². The molecular formula is C13H13BrN2O2. The fraction of sp³-hybridized carbons (Fsp3) is 0.154. The second-order valence-electron chi connectivity index (χ2n) is 3.70. The molecule has 0 saturated carbocycles. The summed E-state index contributed by atoms with van der Waals surface area (Å²) in [6.45, 7) is 0.590. The van der Waals surface area contributed by atoms with Crippen molar-refractivity contribution in [3.8, 4) is 0 Å². The summed E-state index contributed by atoms with van der Waals surface area (Å²) >= 11 is 3.39. The lowest BCUT2D eigenvalue weighted by atomic mass is 10.2. The highest BCUT2D eigenvalue weighted by molar-refractivity contribution is 9.10. The lowest BCUT2D eigenvalue weighted by molar-refractivity contribution is 0.0963. The summed E-state index contributed by atoms with van der Waals surface area (Å²) < 4.78 is 6.23. The number of amides is 1. The molecule has 94 valence electrons. The van der Waals surface area contributed by atoms with Crippen molar-refractivity contribution in [2.75, 3.05) is 12.4 Å². The van der Waals surface area contributed by atoms with Gasteiger partial charge in [0.15, 0.2) is 0 Å². The molecule has 0 aliphatic carbocycles. The highest BCUT2D eigenvalue weighted by Gasteiger charge is 2.04. The van der Waals surface area contributed by atoms with Crippen LogP contribution in [-0.2, 0) is 6.54 Å². The molecule has 0 aliphatic rings. The molecule has 1 aromatic carbocycles. The number of hydrogen-bond acceptors (Lipinski definition) is 3. The number of benzene rings is 1. The summed E-state index contributed by atoms with van der Waals surface area (Å²) in [5, 5.41) is 5.80. The highest BCUT2D eigenvalue weighted by atomic mass is 79.9. The van der Waals surface area contributed by atoms with Gasteiger partial charge in [0.1, 0.15) is 5.76 Å². The van der Waals surface area contributed by atoms with Gasteiger partial charge in [0.05, 0.1) is 17.3 Å². The third-order valence-corrected chi connectivity index (χ3v) is 3.22. The molecule has 4 nitrogen and oxygen atoms in total. The summed E-state index contributed by atoms with van der Waals surface area (Å²) in [4.78, 5) is 11.4. The molecular weight excluding hydrogens is 296 g/mol. The van der Waals surface area contributed by atoms with Crippen molar-refractivity contribution >= 4 is 27.5 Å². The predicted molar refractivity (Wildman–Crippen MR) is 73.6 cm³/mol. The molecule has 18 heavy (non-hydrogen) atoms. The van der Waals surface area contributed by atoms with E-state index in [0.717, 1.165) is 15.9 Å². The number of carbonyl (C=O) groups is 1. The summed E-state index contributed by atoms with van der Waals surface area (Å²) in [6.07, 6.45) is 1.63. The van der Waals surface area contributed by atoms with Crippen LogP contribution in [0.2, 0.25) is 0 Å². The van der Waals surface area contributed by atoms with E-state index in [1.54, 1.807) is 25.4 Å². The Hall–Kier alpha value is -1.75. The number of furan rings is 1. The third kappa shape index (κ3) is 2.92. The van der Waals surface area contributed by atoms with Crippen LogP contribution in [0.3, 0.4) is 0 Å². The maximum atomic E-state index is 11.4. The molecule has 0 fully saturated rings. The largest absolute Gasteiger partial charge is 0.466 e. The van der Waals surface area contributed by atoms with E-state index >= 15 is 0 Å². The Kier molecular flexibility index (Phi) is 4.04. The molecule has 0 aliphatic heterocycles. The first-order valence-corrected chi connectivity index (χ1v) is 6.28. The zero-order valence-corrected chi connectivity index (χ0v) is 11.5. The lowest BCUT2D eigenvalue weighted by Crippen LogP contribution is -2.17. The fourth-order valence-electron chi connectivity index (χ4n) is 1.52. The van der Waals surface area contributed by atoms with Crippen LogP contribution in [0.5, 0.6) is 0 Å². The smallest absolute Gasteiger partial charge is 0.251 e. The third-order valence-electron chi connectivity index (χ3n) is 2.52. The van der Waals surface area contributed by atoms with Crippen LogP contribution < -0.4 is 10.6 Å². The first-order chi connectivity index (χ1) is 8.70. The Labute approximate surface area is 114 Å². The van der Waals surface area contributed by atoms with Gasteiger partial charge < -0.3 is 15.1 Å². The number of carbonyl (C=O) groups excluding carboxylic acids is 1. The van der Waals surface area contributed by atoms with Gasteiger partial charge >= 0.3 is 0 Å². The van der Waals surface area contributed by atoms with Gasteiger partial charge in [0.2, 0.25) is 0 Å². The Morgan fingerprint density at radius 2 is 2.00 bits per heavy atom. The van der Waals surface area contributed by atoms with Crippen molar-refractivity contribution < 1.29 is 9.21 Å². The molecule has 2 N–H and O–H groups in total. The van der Waals surface area contributed by atoms with Crippen molar-refractivity contribution in [2.24, 2.45) is 0 Å². The van der Waals surface area contributed by atoms with E-state index in [9.17, 15) is 4.79 Å². The van der Waals surface area contributed by atoms with Crippen LogP contribution in [0.1, 0.15) is 16.1 Å². The number of anilines is 1. The number of rotatable bonds is 4. The molecule has 1 amide bonds. The van der Waals surface area contributed by atoms with Crippen LogP contribution in [0.4, 0.5) is 5.69 Å². The van der Waals surface area contributed by atoms with E-state index in [2.05, 4.69) is 26.6 Å². The second-order valence-corrected chi connectivity index (χ2v) is 4.56. The highest BCUT2D eigenvalue weighted by Crippen LogP contribution is 2.19. The number of halogens is 1. The van der Waals surface area contributed by atoms with E-state index in [-0.39, 0.29) is 5.91 Å². The maximum absolute atomic E-state index is 11.4. The van der Waals surface area contributed by atoms with Crippen molar-refractivity contribution in [3.63, 3.8) is 0 Å². The molecule has 0 radical (unpaired) electrons. The van der Waals surface area contributed by atoms with Crippen LogP contribution >= 0.6 is 15.9 Å². The Morgan fingerprint density at radius 1 is 1.28 bits per heavy atom. The average molecular weight is 309 g/mol. The molecule has 1 aromatic heterocycles. The first kappa shape index (κ1) is 12.7. The summed E-state index contributed by atoms with van der Waals surface area (Å²) in [5.41, 5.74) is 1.58. The average Bonchev–Trinajstić information content (AvgIpc) is 2.81. The second kappa shape index (κ2) is 5.73. The van der Waals surface area contributed by atoms with Crippen LogP contribution in [0, 0.1) is 0 Å². The van der Waals surface area contributed by atoms with E-state index in [1.807, 2.05) is 18.2 Å². The number of hydrogen-bond donors (Lipinski definition) is 2. The Balaban J connectivity index is 1.98. The van der Waals surface area contributed by atoms with Gasteiger partial charge in [-0.2, -0.15) is 0 Å². The van der Waals surface area contributed by atoms with Crippen molar-refractivity contribution in [1.29, 1.82) is 0 Å². The summed E-state index contributed by atoms with van der Waals surface area (Å²) in [7, 11) is 1.61. The van der Waals surface area contributed by atoms with Gasteiger partial charge in [0.25, 0.3) is 5.91 Å². The molecule has 0 atom stereocenters. The van der Waals surface area contributed by atoms with Gasteiger partial charge in [-0.1, -0.05) is 0 Å². The summed E-state index contributed by atoms with van der Waals surface area (Å²) in [5.74, 6) is 0.751. The monoisotopic (exact) mass is 308 g/mol. The molecule has 2 aromatic rings. The van der Waals surface area contributed by atoms with E-state index in [0.29, 0.717) is 12.1 Å². The van der Waals surface area contributed by atoms with Crippen LogP contribution in [0.25, 0.3) is 0 Å². The predicted octanol–water partition coefficient (Wildman–Crippen LogP) is 3.01. The van der Waals surface area contributed by atoms with Gasteiger partial charge in [-0.25, -0.2) is 0 Å².